The number of aromatic nitrogens is 1. The van der Waals surface area contributed by atoms with Gasteiger partial charge in [0, 0.05) is 24.4 Å². The molecule has 21 heavy (non-hydrogen) atoms. The molecule has 0 aromatic carbocycles. The van der Waals surface area contributed by atoms with Crippen LogP contribution < -0.4 is 0 Å². The van der Waals surface area contributed by atoms with Crippen LogP contribution in [0.1, 0.15) is 44.2 Å². The summed E-state index contributed by atoms with van der Waals surface area (Å²) in [5.74, 6) is -1.07. The zero-order chi connectivity index (χ0) is 15.6. The van der Waals surface area contributed by atoms with Crippen molar-refractivity contribution in [1.82, 2.24) is 9.88 Å². The molecule has 0 aliphatic heterocycles. The monoisotopic (exact) mass is 308 g/mol. The second kappa shape index (κ2) is 6.09. The molecule has 0 saturated heterocycles. The Morgan fingerprint density at radius 1 is 1.48 bits per heavy atom. The summed E-state index contributed by atoms with van der Waals surface area (Å²) >= 11 is 1.48. The number of aromatic carboxylic acids is 1. The lowest BCUT2D eigenvalue weighted by atomic mass is 10.2. The molecule has 0 radical (unpaired) electrons. The van der Waals surface area contributed by atoms with E-state index in [1.54, 1.807) is 19.5 Å². The minimum atomic E-state index is -1.09. The smallest absolute Gasteiger partial charge is 0.339 e. The Hall–Kier alpha value is -2.15. The zero-order valence-electron chi connectivity index (χ0n) is 12.0. The van der Waals surface area contributed by atoms with E-state index in [1.165, 1.54) is 22.3 Å². The molecular formula is C14H16N2O4S. The molecule has 6 nitrogen and oxygen atoms in total. The van der Waals surface area contributed by atoms with E-state index in [1.807, 2.05) is 6.92 Å². The molecule has 0 unspecified atom stereocenters. The molecule has 0 bridgehead atoms. The van der Waals surface area contributed by atoms with Crippen molar-refractivity contribution in [2.45, 2.75) is 26.8 Å². The second-order valence-electron chi connectivity index (χ2n) is 4.63. The fourth-order valence-electron chi connectivity index (χ4n) is 1.93. The van der Waals surface area contributed by atoms with Crippen LogP contribution in [0.3, 0.4) is 0 Å². The number of carbonyl (C=O) groups excluding carboxylic acids is 1. The highest BCUT2D eigenvalue weighted by atomic mass is 32.1. The fourth-order valence-corrected chi connectivity index (χ4v) is 2.76. The number of hydrogen-bond donors (Lipinski definition) is 1. The van der Waals surface area contributed by atoms with E-state index in [4.69, 9.17) is 9.52 Å². The SMILES string of the molecule is CCc1oc(C(=O)N(C)Cc2scnc2C)cc1C(=O)O. The predicted octanol–water partition coefficient (Wildman–Crippen LogP) is 2.58. The Balaban J connectivity index is 2.19. The lowest BCUT2D eigenvalue weighted by molar-refractivity contribution is 0.0693. The molecule has 2 rings (SSSR count). The van der Waals surface area contributed by atoms with E-state index in [0.717, 1.165) is 10.6 Å². The normalized spacial score (nSPS) is 10.6. The molecule has 0 fully saturated rings. The van der Waals surface area contributed by atoms with Crippen LogP contribution in [0.4, 0.5) is 0 Å². The molecule has 0 aliphatic rings. The second-order valence-corrected chi connectivity index (χ2v) is 5.57. The minimum absolute atomic E-state index is 0.0446. The van der Waals surface area contributed by atoms with Gasteiger partial charge >= 0.3 is 5.97 Å². The molecule has 1 amide bonds. The molecule has 0 atom stereocenters. The topological polar surface area (TPSA) is 83.6 Å². The number of aryl methyl sites for hydroxylation is 2. The number of carbonyl (C=O) groups is 2. The first-order valence-electron chi connectivity index (χ1n) is 6.44. The van der Waals surface area contributed by atoms with Gasteiger partial charge in [0.15, 0.2) is 5.76 Å². The maximum absolute atomic E-state index is 12.3. The minimum Gasteiger partial charge on any atom is -0.478 e. The third-order valence-electron chi connectivity index (χ3n) is 3.14. The average Bonchev–Trinajstić information content (AvgIpc) is 3.04. The highest BCUT2D eigenvalue weighted by Gasteiger charge is 2.22. The standard InChI is InChI=1S/C14H16N2O4S/c1-4-10-9(14(18)19)5-11(20-10)13(17)16(3)6-12-8(2)15-7-21-12/h5,7H,4,6H2,1-3H3,(H,18,19). The van der Waals surface area contributed by atoms with Crippen LogP contribution >= 0.6 is 11.3 Å². The zero-order valence-corrected chi connectivity index (χ0v) is 12.9. The number of thiazole rings is 1. The first-order chi connectivity index (χ1) is 9.93. The quantitative estimate of drug-likeness (QED) is 0.917. The summed E-state index contributed by atoms with van der Waals surface area (Å²) in [5, 5.41) is 9.08. The van der Waals surface area contributed by atoms with Crippen LogP contribution in [-0.2, 0) is 13.0 Å². The van der Waals surface area contributed by atoms with Crippen molar-refractivity contribution in [3.8, 4) is 0 Å². The lowest BCUT2D eigenvalue weighted by Gasteiger charge is -2.14. The third kappa shape index (κ3) is 3.13. The summed E-state index contributed by atoms with van der Waals surface area (Å²) in [6.45, 7) is 4.08. The molecule has 1 N–H and O–H groups in total. The molecule has 0 spiro atoms. The molecule has 112 valence electrons. The van der Waals surface area contributed by atoms with Crippen LogP contribution in [-0.4, -0.2) is 33.9 Å². The number of hydrogen-bond acceptors (Lipinski definition) is 5. The summed E-state index contributed by atoms with van der Waals surface area (Å²) in [6.07, 6.45) is 0.423. The van der Waals surface area contributed by atoms with Crippen molar-refractivity contribution in [2.75, 3.05) is 7.05 Å². The molecule has 2 heterocycles. The van der Waals surface area contributed by atoms with Crippen molar-refractivity contribution >= 4 is 23.2 Å². The Labute approximate surface area is 126 Å². The molecule has 0 aliphatic carbocycles. The van der Waals surface area contributed by atoms with Gasteiger partial charge in [-0.15, -0.1) is 11.3 Å². The van der Waals surface area contributed by atoms with Gasteiger partial charge in [0.25, 0.3) is 5.91 Å². The summed E-state index contributed by atoms with van der Waals surface area (Å²) in [5.41, 5.74) is 2.66. The Morgan fingerprint density at radius 2 is 2.19 bits per heavy atom. The van der Waals surface area contributed by atoms with Crippen molar-refractivity contribution in [3.05, 3.63) is 39.2 Å². The molecular weight excluding hydrogens is 292 g/mol. The van der Waals surface area contributed by atoms with Crippen molar-refractivity contribution in [1.29, 1.82) is 0 Å². The van der Waals surface area contributed by atoms with Crippen molar-refractivity contribution in [3.63, 3.8) is 0 Å². The average molecular weight is 308 g/mol. The summed E-state index contributed by atoms with van der Waals surface area (Å²) in [7, 11) is 1.65. The summed E-state index contributed by atoms with van der Waals surface area (Å²) < 4.78 is 5.37. The highest BCUT2D eigenvalue weighted by molar-refractivity contribution is 7.09. The predicted molar refractivity (Wildman–Crippen MR) is 77.7 cm³/mol. The van der Waals surface area contributed by atoms with Crippen LogP contribution in [0.25, 0.3) is 0 Å². The maximum Gasteiger partial charge on any atom is 0.339 e. The van der Waals surface area contributed by atoms with Crippen molar-refractivity contribution in [2.24, 2.45) is 0 Å². The first kappa shape index (κ1) is 15.2. The number of amides is 1. The first-order valence-corrected chi connectivity index (χ1v) is 7.32. The van der Waals surface area contributed by atoms with E-state index in [0.29, 0.717) is 18.7 Å². The van der Waals surface area contributed by atoms with Gasteiger partial charge in [-0.1, -0.05) is 6.92 Å². The van der Waals surface area contributed by atoms with Crippen LogP contribution in [0.5, 0.6) is 0 Å². The Bertz CT molecular complexity index is 674. The summed E-state index contributed by atoms with van der Waals surface area (Å²) in [4.78, 5) is 30.0. The molecule has 2 aromatic rings. The molecule has 0 saturated carbocycles. The highest BCUT2D eigenvalue weighted by Crippen LogP contribution is 2.20. The number of carboxylic acid groups (broad SMARTS) is 1. The molecule has 2 aromatic heterocycles. The van der Waals surface area contributed by atoms with Crippen LogP contribution in [0.15, 0.2) is 16.0 Å². The van der Waals surface area contributed by atoms with Gasteiger partial charge in [-0.05, 0) is 6.92 Å². The number of nitrogens with zero attached hydrogens (tertiary/aromatic N) is 2. The van der Waals surface area contributed by atoms with Gasteiger partial charge < -0.3 is 14.4 Å². The lowest BCUT2D eigenvalue weighted by Crippen LogP contribution is -2.25. The van der Waals surface area contributed by atoms with Crippen LogP contribution in [0, 0.1) is 6.92 Å². The van der Waals surface area contributed by atoms with Gasteiger partial charge in [0.1, 0.15) is 11.3 Å². The van der Waals surface area contributed by atoms with E-state index in [-0.39, 0.29) is 17.2 Å². The Morgan fingerprint density at radius 3 is 2.67 bits per heavy atom. The Kier molecular flexibility index (Phi) is 4.42. The van der Waals surface area contributed by atoms with E-state index < -0.39 is 5.97 Å². The molecule has 7 heteroatoms. The van der Waals surface area contributed by atoms with Gasteiger partial charge in [-0.3, -0.25) is 4.79 Å². The van der Waals surface area contributed by atoms with Gasteiger partial charge in [0.05, 0.1) is 17.7 Å². The largest absolute Gasteiger partial charge is 0.478 e. The van der Waals surface area contributed by atoms with Gasteiger partial charge in [0.2, 0.25) is 0 Å². The number of furan rings is 1. The van der Waals surface area contributed by atoms with E-state index in [9.17, 15) is 9.59 Å². The van der Waals surface area contributed by atoms with E-state index >= 15 is 0 Å². The maximum atomic E-state index is 12.3. The van der Waals surface area contributed by atoms with Crippen molar-refractivity contribution < 1.29 is 19.1 Å². The van der Waals surface area contributed by atoms with Crippen LogP contribution in [0.2, 0.25) is 0 Å². The van der Waals surface area contributed by atoms with Gasteiger partial charge in [-0.25, -0.2) is 9.78 Å². The number of rotatable bonds is 5. The third-order valence-corrected chi connectivity index (χ3v) is 4.06. The van der Waals surface area contributed by atoms with E-state index in [2.05, 4.69) is 4.98 Å². The number of carboxylic acids is 1. The summed E-state index contributed by atoms with van der Waals surface area (Å²) in [6, 6.07) is 1.29. The van der Waals surface area contributed by atoms with Gasteiger partial charge in [-0.2, -0.15) is 0 Å². The fraction of sp³-hybridized carbons (Fsp3) is 0.357.